The van der Waals surface area contributed by atoms with Crippen LogP contribution in [0.25, 0.3) is 0 Å². The first kappa shape index (κ1) is 18.4. The third kappa shape index (κ3) is 5.30. The molecule has 0 bridgehead atoms. The average Bonchev–Trinajstić information content (AvgIpc) is 2.59. The Morgan fingerprint density at radius 1 is 1.09 bits per heavy atom. The summed E-state index contributed by atoms with van der Waals surface area (Å²) in [5, 5.41) is 3.86. The van der Waals surface area contributed by atoms with Crippen LogP contribution in [0.4, 0.5) is 0 Å². The van der Waals surface area contributed by atoms with Gasteiger partial charge in [-0.15, -0.1) is 0 Å². The minimum absolute atomic E-state index is 0.481. The van der Waals surface area contributed by atoms with Crippen LogP contribution in [0.5, 0.6) is 0 Å². The quantitative estimate of drug-likeness (QED) is 0.791. The standard InChI is InChI=1S/C20H35N3/c1-5-22(6-2)20(18-10-8-7-9-11-18)16-21-19-12-14-23(15-13-19)17(3)4/h7-11,17,19-21H,5-6,12-16H2,1-4H3. The van der Waals surface area contributed by atoms with Crippen molar-refractivity contribution < 1.29 is 0 Å². The monoisotopic (exact) mass is 317 g/mol. The highest BCUT2D eigenvalue weighted by atomic mass is 15.2. The molecule has 1 aliphatic heterocycles. The van der Waals surface area contributed by atoms with E-state index in [-0.39, 0.29) is 0 Å². The highest BCUT2D eigenvalue weighted by Gasteiger charge is 2.23. The van der Waals surface area contributed by atoms with Crippen LogP contribution in [-0.2, 0) is 0 Å². The average molecular weight is 318 g/mol. The molecule has 1 fully saturated rings. The number of likely N-dealkylation sites (N-methyl/N-ethyl adjacent to an activating group) is 1. The topological polar surface area (TPSA) is 18.5 Å². The molecule has 3 heteroatoms. The summed E-state index contributed by atoms with van der Waals surface area (Å²) in [5.74, 6) is 0. The van der Waals surface area contributed by atoms with Gasteiger partial charge in [0.15, 0.2) is 0 Å². The SMILES string of the molecule is CCN(CC)C(CNC1CCN(C(C)C)CC1)c1ccccc1. The molecule has 1 atom stereocenters. The highest BCUT2D eigenvalue weighted by molar-refractivity contribution is 5.19. The van der Waals surface area contributed by atoms with Crippen LogP contribution in [0.3, 0.4) is 0 Å². The fourth-order valence-corrected chi connectivity index (χ4v) is 3.70. The molecule has 1 saturated heterocycles. The molecule has 3 nitrogen and oxygen atoms in total. The molecule has 0 spiro atoms. The van der Waals surface area contributed by atoms with Crippen LogP contribution in [0.15, 0.2) is 30.3 Å². The first-order chi connectivity index (χ1) is 11.2. The van der Waals surface area contributed by atoms with Crippen molar-refractivity contribution in [3.63, 3.8) is 0 Å². The number of rotatable bonds is 8. The Kier molecular flexibility index (Phi) is 7.54. The van der Waals surface area contributed by atoms with Crippen LogP contribution >= 0.6 is 0 Å². The van der Waals surface area contributed by atoms with Gasteiger partial charge < -0.3 is 10.2 Å². The molecule has 23 heavy (non-hydrogen) atoms. The Morgan fingerprint density at radius 3 is 2.22 bits per heavy atom. The third-order valence-corrected chi connectivity index (χ3v) is 5.30. The molecule has 130 valence electrons. The molecule has 1 aromatic carbocycles. The molecular weight excluding hydrogens is 282 g/mol. The van der Waals surface area contributed by atoms with Gasteiger partial charge in [-0.2, -0.15) is 0 Å². The summed E-state index contributed by atoms with van der Waals surface area (Å²) >= 11 is 0. The number of nitrogens with zero attached hydrogens (tertiary/aromatic N) is 2. The maximum atomic E-state index is 3.86. The van der Waals surface area contributed by atoms with Gasteiger partial charge in [-0.1, -0.05) is 44.2 Å². The second kappa shape index (κ2) is 9.41. The number of likely N-dealkylation sites (tertiary alicyclic amines) is 1. The molecule has 1 N–H and O–H groups in total. The molecule has 1 unspecified atom stereocenters. The van der Waals surface area contributed by atoms with E-state index in [2.05, 4.69) is 73.1 Å². The van der Waals surface area contributed by atoms with Crippen molar-refractivity contribution in [2.45, 2.75) is 58.7 Å². The van der Waals surface area contributed by atoms with E-state index >= 15 is 0 Å². The van der Waals surface area contributed by atoms with E-state index < -0.39 is 0 Å². The fourth-order valence-electron chi connectivity index (χ4n) is 3.70. The van der Waals surface area contributed by atoms with Crippen molar-refractivity contribution in [3.8, 4) is 0 Å². The molecule has 1 aliphatic rings. The van der Waals surface area contributed by atoms with Gasteiger partial charge in [0.25, 0.3) is 0 Å². The van der Waals surface area contributed by atoms with Gasteiger partial charge in [-0.25, -0.2) is 0 Å². The Labute approximate surface area is 143 Å². The number of hydrogen-bond acceptors (Lipinski definition) is 3. The fraction of sp³-hybridized carbons (Fsp3) is 0.700. The second-order valence-electron chi connectivity index (χ2n) is 6.96. The number of hydrogen-bond donors (Lipinski definition) is 1. The number of nitrogens with one attached hydrogen (secondary N) is 1. The van der Waals surface area contributed by atoms with E-state index in [0.717, 1.165) is 19.6 Å². The minimum atomic E-state index is 0.481. The predicted octanol–water partition coefficient (Wildman–Crippen LogP) is 3.53. The van der Waals surface area contributed by atoms with Crippen molar-refractivity contribution in [1.29, 1.82) is 0 Å². The number of piperidine rings is 1. The number of benzene rings is 1. The van der Waals surface area contributed by atoms with Gasteiger partial charge in [-0.05, 0) is 58.4 Å². The van der Waals surface area contributed by atoms with Crippen LogP contribution in [0, 0.1) is 0 Å². The largest absolute Gasteiger partial charge is 0.312 e. The lowest BCUT2D eigenvalue weighted by Crippen LogP contribution is -2.47. The summed E-state index contributed by atoms with van der Waals surface area (Å²) in [7, 11) is 0. The first-order valence-corrected chi connectivity index (χ1v) is 9.42. The molecule has 0 saturated carbocycles. The summed E-state index contributed by atoms with van der Waals surface area (Å²) in [6, 6.07) is 12.8. The third-order valence-electron chi connectivity index (χ3n) is 5.30. The first-order valence-electron chi connectivity index (χ1n) is 9.42. The zero-order valence-electron chi connectivity index (χ0n) is 15.5. The lowest BCUT2D eigenvalue weighted by molar-refractivity contribution is 0.151. The summed E-state index contributed by atoms with van der Waals surface area (Å²) in [5.41, 5.74) is 1.43. The van der Waals surface area contributed by atoms with Crippen LogP contribution in [0.2, 0.25) is 0 Å². The second-order valence-corrected chi connectivity index (χ2v) is 6.96. The van der Waals surface area contributed by atoms with Crippen molar-refractivity contribution in [1.82, 2.24) is 15.1 Å². The molecule has 0 radical (unpaired) electrons. The van der Waals surface area contributed by atoms with Gasteiger partial charge >= 0.3 is 0 Å². The van der Waals surface area contributed by atoms with Crippen molar-refractivity contribution >= 4 is 0 Å². The molecule has 0 aliphatic carbocycles. The van der Waals surface area contributed by atoms with E-state index in [1.54, 1.807) is 0 Å². The smallest absolute Gasteiger partial charge is 0.0472 e. The van der Waals surface area contributed by atoms with Gasteiger partial charge in [-0.3, -0.25) is 4.90 Å². The lowest BCUT2D eigenvalue weighted by Gasteiger charge is -2.37. The molecule has 1 aromatic rings. The molecule has 0 aromatic heterocycles. The van der Waals surface area contributed by atoms with Crippen LogP contribution in [-0.4, -0.2) is 54.6 Å². The Bertz CT molecular complexity index is 420. The summed E-state index contributed by atoms with van der Waals surface area (Å²) in [6.07, 6.45) is 2.55. The summed E-state index contributed by atoms with van der Waals surface area (Å²) in [4.78, 5) is 5.16. The molecule has 2 rings (SSSR count). The normalized spacial score (nSPS) is 18.7. The van der Waals surface area contributed by atoms with Crippen molar-refractivity contribution in [3.05, 3.63) is 35.9 Å². The predicted molar refractivity (Wildman–Crippen MR) is 99.8 cm³/mol. The van der Waals surface area contributed by atoms with E-state index in [4.69, 9.17) is 0 Å². The van der Waals surface area contributed by atoms with Crippen molar-refractivity contribution in [2.24, 2.45) is 0 Å². The maximum Gasteiger partial charge on any atom is 0.0472 e. The molecular formula is C20H35N3. The van der Waals surface area contributed by atoms with Gasteiger partial charge in [0.1, 0.15) is 0 Å². The summed E-state index contributed by atoms with van der Waals surface area (Å²) < 4.78 is 0. The van der Waals surface area contributed by atoms with E-state index in [9.17, 15) is 0 Å². The van der Waals surface area contributed by atoms with Gasteiger partial charge in [0, 0.05) is 24.7 Å². The Morgan fingerprint density at radius 2 is 1.70 bits per heavy atom. The highest BCUT2D eigenvalue weighted by Crippen LogP contribution is 2.21. The lowest BCUT2D eigenvalue weighted by atomic mass is 10.0. The zero-order chi connectivity index (χ0) is 16.7. The minimum Gasteiger partial charge on any atom is -0.312 e. The Hall–Kier alpha value is -0.900. The Balaban J connectivity index is 1.91. The van der Waals surface area contributed by atoms with Crippen LogP contribution < -0.4 is 5.32 Å². The van der Waals surface area contributed by atoms with E-state index in [1.807, 2.05) is 0 Å². The van der Waals surface area contributed by atoms with Crippen molar-refractivity contribution in [2.75, 3.05) is 32.7 Å². The van der Waals surface area contributed by atoms with E-state index in [1.165, 1.54) is 31.5 Å². The summed E-state index contributed by atoms with van der Waals surface area (Å²) in [6.45, 7) is 14.9. The zero-order valence-corrected chi connectivity index (χ0v) is 15.5. The van der Waals surface area contributed by atoms with Gasteiger partial charge in [0.2, 0.25) is 0 Å². The molecule has 1 heterocycles. The van der Waals surface area contributed by atoms with E-state index in [0.29, 0.717) is 18.1 Å². The molecule has 0 amide bonds. The van der Waals surface area contributed by atoms with Crippen LogP contribution in [0.1, 0.15) is 52.1 Å². The maximum absolute atomic E-state index is 3.86. The van der Waals surface area contributed by atoms with Gasteiger partial charge in [0.05, 0.1) is 0 Å².